The number of nitrogens with zero attached hydrogens (tertiary/aromatic N) is 1. The molecule has 1 unspecified atom stereocenters. The van der Waals surface area contributed by atoms with Gasteiger partial charge in [0.2, 0.25) is 0 Å². The fourth-order valence-electron chi connectivity index (χ4n) is 2.74. The Morgan fingerprint density at radius 2 is 2.12 bits per heavy atom. The first kappa shape index (κ1) is 23.1. The van der Waals surface area contributed by atoms with E-state index >= 15 is 0 Å². The van der Waals surface area contributed by atoms with Crippen molar-refractivity contribution in [3.63, 3.8) is 0 Å². The first-order chi connectivity index (χ1) is 12.3. The van der Waals surface area contributed by atoms with E-state index in [1.165, 1.54) is 0 Å². The van der Waals surface area contributed by atoms with E-state index in [0.717, 1.165) is 62.7 Å². The van der Waals surface area contributed by atoms with Crippen molar-refractivity contribution < 1.29 is 14.6 Å². The summed E-state index contributed by atoms with van der Waals surface area (Å²) in [5, 5.41) is 16.0. The molecule has 0 saturated carbocycles. The highest BCUT2D eigenvalue weighted by molar-refractivity contribution is 14.0. The van der Waals surface area contributed by atoms with Crippen LogP contribution in [0.5, 0.6) is 0 Å². The molecule has 2 rings (SSSR count). The Bertz CT molecular complexity index is 523. The predicted molar refractivity (Wildman–Crippen MR) is 115 cm³/mol. The zero-order chi connectivity index (χ0) is 17.7. The summed E-state index contributed by atoms with van der Waals surface area (Å²) in [6, 6.07) is 7.82. The molecule has 1 heterocycles. The molecule has 7 heteroatoms. The lowest BCUT2D eigenvalue weighted by molar-refractivity contribution is 0.0168. The summed E-state index contributed by atoms with van der Waals surface area (Å²) in [5.41, 5.74) is 1.96. The van der Waals surface area contributed by atoms with E-state index in [2.05, 4.69) is 15.6 Å². The number of aliphatic hydroxyl groups excluding tert-OH is 1. The molecule has 6 nitrogen and oxygen atoms in total. The van der Waals surface area contributed by atoms with Gasteiger partial charge in [-0.25, -0.2) is 4.99 Å². The molecule has 1 aliphatic rings. The van der Waals surface area contributed by atoms with E-state index in [1.54, 1.807) is 0 Å². The SMILES string of the molecule is CCNC(=NCc1ccccc1CO)NCCCOCC1CCCO1.I. The lowest BCUT2D eigenvalue weighted by atomic mass is 10.1. The number of benzene rings is 1. The Morgan fingerprint density at radius 3 is 2.81 bits per heavy atom. The van der Waals surface area contributed by atoms with Crippen LogP contribution < -0.4 is 10.6 Å². The quantitative estimate of drug-likeness (QED) is 0.209. The van der Waals surface area contributed by atoms with Crippen molar-refractivity contribution in [3.8, 4) is 0 Å². The molecule has 0 bridgehead atoms. The van der Waals surface area contributed by atoms with Gasteiger partial charge in [-0.05, 0) is 37.3 Å². The minimum absolute atomic E-state index is 0. The average molecular weight is 477 g/mol. The number of nitrogens with one attached hydrogen (secondary N) is 2. The molecule has 26 heavy (non-hydrogen) atoms. The summed E-state index contributed by atoms with van der Waals surface area (Å²) in [6.45, 7) is 6.54. The summed E-state index contributed by atoms with van der Waals surface area (Å²) in [4.78, 5) is 4.60. The molecule has 0 radical (unpaired) electrons. The Morgan fingerprint density at radius 1 is 1.31 bits per heavy atom. The maximum Gasteiger partial charge on any atom is 0.191 e. The second-order valence-corrected chi connectivity index (χ2v) is 6.11. The molecular formula is C19H32IN3O3. The van der Waals surface area contributed by atoms with Crippen molar-refractivity contribution in [1.82, 2.24) is 10.6 Å². The minimum Gasteiger partial charge on any atom is -0.392 e. The first-order valence-electron chi connectivity index (χ1n) is 9.22. The maximum absolute atomic E-state index is 9.39. The molecule has 3 N–H and O–H groups in total. The van der Waals surface area contributed by atoms with Gasteiger partial charge in [0.1, 0.15) is 0 Å². The van der Waals surface area contributed by atoms with Crippen LogP contribution >= 0.6 is 24.0 Å². The Labute approximate surface area is 173 Å². The Balaban J connectivity index is 0.00000338. The molecule has 1 atom stereocenters. The van der Waals surface area contributed by atoms with E-state index in [9.17, 15) is 5.11 Å². The van der Waals surface area contributed by atoms with E-state index in [0.29, 0.717) is 19.3 Å². The second-order valence-electron chi connectivity index (χ2n) is 6.11. The van der Waals surface area contributed by atoms with E-state index in [4.69, 9.17) is 9.47 Å². The third kappa shape index (κ3) is 8.66. The van der Waals surface area contributed by atoms with Gasteiger partial charge in [0, 0.05) is 26.3 Å². The normalized spacial score (nSPS) is 17.0. The fraction of sp³-hybridized carbons (Fsp3) is 0.632. The summed E-state index contributed by atoms with van der Waals surface area (Å²) in [5.74, 6) is 0.786. The van der Waals surface area contributed by atoms with Gasteiger partial charge in [0.25, 0.3) is 0 Å². The number of rotatable bonds is 10. The largest absolute Gasteiger partial charge is 0.392 e. The third-order valence-electron chi connectivity index (χ3n) is 4.13. The van der Waals surface area contributed by atoms with Crippen molar-refractivity contribution in [1.29, 1.82) is 0 Å². The van der Waals surface area contributed by atoms with Crippen LogP contribution in [0.15, 0.2) is 29.3 Å². The number of hydrogen-bond donors (Lipinski definition) is 3. The van der Waals surface area contributed by atoms with E-state index in [-0.39, 0.29) is 30.6 Å². The number of aliphatic imine (C=N–C) groups is 1. The van der Waals surface area contributed by atoms with Crippen LogP contribution in [0.25, 0.3) is 0 Å². The molecule has 148 valence electrons. The van der Waals surface area contributed by atoms with Gasteiger partial charge in [-0.2, -0.15) is 0 Å². The van der Waals surface area contributed by atoms with E-state index < -0.39 is 0 Å². The van der Waals surface area contributed by atoms with Crippen LogP contribution in [0, 0.1) is 0 Å². The second kappa shape index (κ2) is 14.2. The van der Waals surface area contributed by atoms with Gasteiger partial charge < -0.3 is 25.2 Å². The molecule has 0 aliphatic carbocycles. The van der Waals surface area contributed by atoms with Gasteiger partial charge in [0.15, 0.2) is 5.96 Å². The van der Waals surface area contributed by atoms with Crippen LogP contribution in [0.4, 0.5) is 0 Å². The summed E-state index contributed by atoms with van der Waals surface area (Å²) >= 11 is 0. The smallest absolute Gasteiger partial charge is 0.191 e. The lowest BCUT2D eigenvalue weighted by Gasteiger charge is -2.13. The fourth-order valence-corrected chi connectivity index (χ4v) is 2.74. The van der Waals surface area contributed by atoms with Crippen LogP contribution in [0.3, 0.4) is 0 Å². The molecule has 1 aromatic rings. The monoisotopic (exact) mass is 477 g/mol. The van der Waals surface area contributed by atoms with Crippen molar-refractivity contribution in [2.75, 3.05) is 32.9 Å². The van der Waals surface area contributed by atoms with Crippen LogP contribution in [0.1, 0.15) is 37.3 Å². The predicted octanol–water partition coefficient (Wildman–Crippen LogP) is 2.44. The van der Waals surface area contributed by atoms with Gasteiger partial charge >= 0.3 is 0 Å². The standard InChI is InChI=1S/C19H31N3O3.HI/c1-2-20-19(22-13-16-7-3-4-8-17(16)14-23)21-10-6-11-24-15-18-9-5-12-25-18;/h3-4,7-8,18,23H,2,5-6,9-15H2,1H3,(H2,20,21,22);1H. The van der Waals surface area contributed by atoms with Crippen molar-refractivity contribution >= 4 is 29.9 Å². The van der Waals surface area contributed by atoms with Crippen molar-refractivity contribution in [2.45, 2.75) is 45.4 Å². The highest BCUT2D eigenvalue weighted by atomic mass is 127. The number of halogens is 1. The summed E-state index contributed by atoms with van der Waals surface area (Å²) in [6.07, 6.45) is 3.48. The molecule has 1 aliphatic heterocycles. The van der Waals surface area contributed by atoms with Crippen LogP contribution in [-0.4, -0.2) is 50.1 Å². The number of ether oxygens (including phenoxy) is 2. The highest BCUT2D eigenvalue weighted by Crippen LogP contribution is 2.12. The van der Waals surface area contributed by atoms with Crippen molar-refractivity contribution in [2.24, 2.45) is 4.99 Å². The number of hydrogen-bond acceptors (Lipinski definition) is 4. The van der Waals surface area contributed by atoms with Crippen LogP contribution in [-0.2, 0) is 22.6 Å². The maximum atomic E-state index is 9.39. The highest BCUT2D eigenvalue weighted by Gasteiger charge is 2.14. The van der Waals surface area contributed by atoms with Crippen molar-refractivity contribution in [3.05, 3.63) is 35.4 Å². The number of guanidine groups is 1. The number of aliphatic hydroxyl groups is 1. The molecule has 0 amide bonds. The average Bonchev–Trinajstić information content (AvgIpc) is 3.16. The topological polar surface area (TPSA) is 75.1 Å². The zero-order valence-corrected chi connectivity index (χ0v) is 17.9. The molecule has 1 aromatic carbocycles. The van der Waals surface area contributed by atoms with Crippen LogP contribution in [0.2, 0.25) is 0 Å². The van der Waals surface area contributed by atoms with E-state index in [1.807, 2.05) is 31.2 Å². The third-order valence-corrected chi connectivity index (χ3v) is 4.13. The minimum atomic E-state index is 0. The Kier molecular flexibility index (Phi) is 12.6. The van der Waals surface area contributed by atoms with Gasteiger partial charge in [-0.1, -0.05) is 24.3 Å². The molecule has 1 saturated heterocycles. The molecule has 0 aromatic heterocycles. The molecular weight excluding hydrogens is 445 g/mol. The van der Waals surface area contributed by atoms with Gasteiger partial charge in [0.05, 0.1) is 25.9 Å². The molecule has 1 fully saturated rings. The van der Waals surface area contributed by atoms with Gasteiger partial charge in [-0.15, -0.1) is 24.0 Å². The summed E-state index contributed by atoms with van der Waals surface area (Å²) < 4.78 is 11.2. The Hall–Kier alpha value is -0.900. The molecule has 0 spiro atoms. The summed E-state index contributed by atoms with van der Waals surface area (Å²) in [7, 11) is 0. The first-order valence-corrected chi connectivity index (χ1v) is 9.22. The zero-order valence-electron chi connectivity index (χ0n) is 15.6. The lowest BCUT2D eigenvalue weighted by Crippen LogP contribution is -2.38. The van der Waals surface area contributed by atoms with Gasteiger partial charge in [-0.3, -0.25) is 0 Å².